The molecule has 0 aromatic carbocycles. The first-order valence-electron chi connectivity index (χ1n) is 2.47. The third-order valence-corrected chi connectivity index (χ3v) is 1.25. The average molecular weight is 97.2 g/mol. The van der Waals surface area contributed by atoms with Crippen molar-refractivity contribution in [2.75, 3.05) is 0 Å². The first-order valence-corrected chi connectivity index (χ1v) is 2.47. The fraction of sp³-hybridized carbons (Fsp3) is 0.833. The zero-order chi connectivity index (χ0) is 5.91. The first-order chi connectivity index (χ1) is 3.21. The lowest BCUT2D eigenvalue weighted by molar-refractivity contribution is 0.653. The Labute approximate surface area is 45.0 Å². The lowest BCUT2D eigenvalue weighted by Crippen LogP contribution is -1.75. The van der Waals surface area contributed by atoms with Crippen LogP contribution in [0, 0.1) is 17.2 Å². The molecule has 1 heteroatoms. The molecule has 7 heavy (non-hydrogen) atoms. The maximum atomic E-state index is 6.50. The van der Waals surface area contributed by atoms with Gasteiger partial charge in [-0.05, 0) is 18.3 Å². The number of hydrogen-bond donors (Lipinski definition) is 0. The van der Waals surface area contributed by atoms with Crippen molar-refractivity contribution in [1.82, 2.24) is 0 Å². The van der Waals surface area contributed by atoms with Gasteiger partial charge in [-0.1, -0.05) is 13.8 Å². The Kier molecular flexibility index (Phi) is 1.83. The van der Waals surface area contributed by atoms with E-state index in [4.69, 9.17) is 5.26 Å². The molecule has 40 valence electrons. The van der Waals surface area contributed by atoms with Gasteiger partial charge in [0.15, 0.2) is 0 Å². The van der Waals surface area contributed by atoms with E-state index in [1.807, 2.05) is 0 Å². The maximum absolute atomic E-state index is 6.50. The standard InChI is InChI=1S/C5H10.CHN/c1-5(2)3-4-5;1-2/h3-4H2,1-2H3;1H. The average Bonchev–Trinajstić information content (AvgIpc) is 2.26. The topological polar surface area (TPSA) is 23.8 Å². The normalized spacial score (nSPS) is 21.7. The van der Waals surface area contributed by atoms with Crippen molar-refractivity contribution in [3.8, 4) is 6.57 Å². The molecule has 1 fully saturated rings. The molecule has 0 aliphatic heterocycles. The van der Waals surface area contributed by atoms with Gasteiger partial charge in [-0.15, -0.1) is 0 Å². The molecule has 0 N–H and O–H groups in total. The van der Waals surface area contributed by atoms with Gasteiger partial charge in [0.25, 0.3) is 0 Å². The molecule has 0 spiro atoms. The molecule has 1 aliphatic carbocycles. The van der Waals surface area contributed by atoms with Crippen LogP contribution in [0.5, 0.6) is 0 Å². The second-order valence-electron chi connectivity index (χ2n) is 2.66. The van der Waals surface area contributed by atoms with Crippen LogP contribution in [0.4, 0.5) is 0 Å². The molecule has 0 radical (unpaired) electrons. The first kappa shape index (κ1) is 6.49. The summed E-state index contributed by atoms with van der Waals surface area (Å²) in [6.07, 6.45) is 2.90. The molecule has 0 unspecified atom stereocenters. The van der Waals surface area contributed by atoms with Crippen molar-refractivity contribution in [2.45, 2.75) is 26.7 Å². The van der Waals surface area contributed by atoms with E-state index in [0.29, 0.717) is 0 Å². The smallest absolute Gasteiger partial charge is 0.0462 e. The highest BCUT2D eigenvalue weighted by Crippen LogP contribution is 2.43. The quantitative estimate of drug-likeness (QED) is 0.453. The van der Waals surface area contributed by atoms with E-state index in [1.165, 1.54) is 12.8 Å². The van der Waals surface area contributed by atoms with Crippen molar-refractivity contribution in [1.29, 1.82) is 5.26 Å². The van der Waals surface area contributed by atoms with E-state index in [1.54, 1.807) is 0 Å². The van der Waals surface area contributed by atoms with Crippen LogP contribution in [-0.4, -0.2) is 0 Å². The van der Waals surface area contributed by atoms with Crippen LogP contribution in [0.15, 0.2) is 0 Å². The summed E-state index contributed by atoms with van der Waals surface area (Å²) in [6.45, 7) is 8.10. The van der Waals surface area contributed by atoms with Crippen molar-refractivity contribution < 1.29 is 0 Å². The molecule has 1 saturated carbocycles. The molecule has 1 nitrogen and oxygen atoms in total. The Morgan fingerprint density at radius 2 is 1.43 bits per heavy atom. The highest BCUT2D eigenvalue weighted by Gasteiger charge is 2.30. The Bertz CT molecular complexity index is 65.5. The monoisotopic (exact) mass is 97.1 g/mol. The number of nitriles is 1. The zero-order valence-corrected chi connectivity index (χ0v) is 4.94. The molecule has 1 rings (SSSR count). The van der Waals surface area contributed by atoms with Crippen LogP contribution in [-0.2, 0) is 0 Å². The van der Waals surface area contributed by atoms with Crippen molar-refractivity contribution >= 4 is 0 Å². The molecule has 0 amide bonds. The van der Waals surface area contributed by atoms with Crippen molar-refractivity contribution in [3.63, 3.8) is 0 Å². The fourth-order valence-electron chi connectivity index (χ4n) is 0.250. The lowest BCUT2D eigenvalue weighted by Gasteiger charge is -1.86. The van der Waals surface area contributed by atoms with Crippen LogP contribution in [0.25, 0.3) is 0 Å². The van der Waals surface area contributed by atoms with E-state index in [2.05, 4.69) is 20.4 Å². The molecule has 0 aromatic heterocycles. The van der Waals surface area contributed by atoms with Gasteiger partial charge in [-0.2, -0.15) is 0 Å². The van der Waals surface area contributed by atoms with E-state index in [-0.39, 0.29) is 0 Å². The molecule has 0 atom stereocenters. The summed E-state index contributed by atoms with van der Waals surface area (Å²) in [5, 5.41) is 6.50. The Hall–Kier alpha value is -0.510. The molecular weight excluding hydrogens is 86.1 g/mol. The van der Waals surface area contributed by atoms with Gasteiger partial charge in [0.1, 0.15) is 0 Å². The number of nitrogens with zero attached hydrogens (tertiary/aromatic N) is 1. The fourth-order valence-corrected chi connectivity index (χ4v) is 0.250. The third kappa shape index (κ3) is 3.32. The predicted octanol–water partition coefficient (Wildman–Crippen LogP) is 1.95. The van der Waals surface area contributed by atoms with Crippen molar-refractivity contribution in [3.05, 3.63) is 0 Å². The summed E-state index contributed by atoms with van der Waals surface area (Å²) in [6, 6.07) is 0. The van der Waals surface area contributed by atoms with Gasteiger partial charge in [-0.25, -0.2) is 5.26 Å². The largest absolute Gasteiger partial charge is 0.202 e. The van der Waals surface area contributed by atoms with E-state index >= 15 is 0 Å². The summed E-state index contributed by atoms with van der Waals surface area (Å²) >= 11 is 0. The molecule has 0 saturated heterocycles. The zero-order valence-electron chi connectivity index (χ0n) is 4.94. The summed E-state index contributed by atoms with van der Waals surface area (Å²) < 4.78 is 0. The molecule has 0 bridgehead atoms. The SMILES string of the molecule is C#N.CC1(C)CC1. The van der Waals surface area contributed by atoms with E-state index in [9.17, 15) is 0 Å². The van der Waals surface area contributed by atoms with Crippen LogP contribution in [0.2, 0.25) is 0 Å². The molecular formula is C6H11N. The van der Waals surface area contributed by atoms with E-state index < -0.39 is 0 Å². The molecule has 0 aromatic rings. The van der Waals surface area contributed by atoms with Crippen LogP contribution >= 0.6 is 0 Å². The van der Waals surface area contributed by atoms with Gasteiger partial charge >= 0.3 is 0 Å². The lowest BCUT2D eigenvalue weighted by atomic mass is 10.2. The van der Waals surface area contributed by atoms with Crippen LogP contribution < -0.4 is 0 Å². The molecule has 1 aliphatic rings. The van der Waals surface area contributed by atoms with Crippen molar-refractivity contribution in [2.24, 2.45) is 5.41 Å². The Morgan fingerprint density at radius 1 is 1.29 bits per heavy atom. The molecule has 0 heterocycles. The maximum Gasteiger partial charge on any atom is 0.0462 e. The predicted molar refractivity (Wildman–Crippen MR) is 29.7 cm³/mol. The minimum atomic E-state index is 0.750. The van der Waals surface area contributed by atoms with Gasteiger partial charge in [0, 0.05) is 6.57 Å². The number of hydrogen-bond acceptors (Lipinski definition) is 1. The number of rotatable bonds is 0. The second-order valence-corrected chi connectivity index (χ2v) is 2.66. The summed E-state index contributed by atoms with van der Waals surface area (Å²) in [7, 11) is 0. The van der Waals surface area contributed by atoms with Gasteiger partial charge < -0.3 is 0 Å². The van der Waals surface area contributed by atoms with Gasteiger partial charge in [-0.3, -0.25) is 0 Å². The van der Waals surface area contributed by atoms with Crippen LogP contribution in [0.3, 0.4) is 0 Å². The summed E-state index contributed by atoms with van der Waals surface area (Å²) in [4.78, 5) is 0. The minimum absolute atomic E-state index is 0.750. The summed E-state index contributed by atoms with van der Waals surface area (Å²) in [5.74, 6) is 0. The highest BCUT2D eigenvalue weighted by atomic mass is 14.4. The highest BCUT2D eigenvalue weighted by molar-refractivity contribution is 4.82. The van der Waals surface area contributed by atoms with Gasteiger partial charge in [0.05, 0.1) is 0 Å². The summed E-state index contributed by atoms with van der Waals surface area (Å²) in [5.41, 5.74) is 0.750. The van der Waals surface area contributed by atoms with Crippen LogP contribution in [0.1, 0.15) is 26.7 Å². The third-order valence-electron chi connectivity index (χ3n) is 1.25. The Balaban J connectivity index is 0.000000162. The Morgan fingerprint density at radius 3 is 1.43 bits per heavy atom. The van der Waals surface area contributed by atoms with E-state index in [0.717, 1.165) is 5.41 Å². The second kappa shape index (κ2) is 1.97. The van der Waals surface area contributed by atoms with Gasteiger partial charge in [0.2, 0.25) is 0 Å². The minimum Gasteiger partial charge on any atom is -0.202 e.